The van der Waals surface area contributed by atoms with E-state index in [2.05, 4.69) is 10.1 Å². The lowest BCUT2D eigenvalue weighted by molar-refractivity contribution is 0.313. The lowest BCUT2D eigenvalue weighted by Gasteiger charge is -2.16. The molecule has 0 fully saturated rings. The van der Waals surface area contributed by atoms with Gasteiger partial charge in [0, 0.05) is 12.4 Å². The molecule has 0 radical (unpaired) electrons. The van der Waals surface area contributed by atoms with Crippen molar-refractivity contribution < 1.29 is 5.21 Å². The van der Waals surface area contributed by atoms with E-state index in [0.29, 0.717) is 0 Å². The fourth-order valence-electron chi connectivity index (χ4n) is 1.33. The van der Waals surface area contributed by atoms with Crippen molar-refractivity contribution in [3.05, 3.63) is 18.2 Å². The second-order valence-corrected chi connectivity index (χ2v) is 2.83. The molecule has 1 heterocycles. The van der Waals surface area contributed by atoms with Gasteiger partial charge in [0.2, 0.25) is 0 Å². The molecular weight excluding hydrogens is 168 g/mol. The van der Waals surface area contributed by atoms with Crippen LogP contribution < -0.4 is 5.73 Å². The Bertz CT molecular complexity index is 305. The molecule has 0 saturated heterocycles. The number of nitrogens with zero attached hydrogens (tertiary/aromatic N) is 3. The van der Waals surface area contributed by atoms with Gasteiger partial charge >= 0.3 is 0 Å². The van der Waals surface area contributed by atoms with Gasteiger partial charge in [-0.15, -0.1) is 0 Å². The van der Waals surface area contributed by atoms with Gasteiger partial charge in [-0.1, -0.05) is 12.1 Å². The number of oxime groups is 1. The minimum atomic E-state index is -0.104. The number of amidine groups is 1. The lowest BCUT2D eigenvalue weighted by Crippen LogP contribution is -2.26. The maximum atomic E-state index is 8.56. The van der Waals surface area contributed by atoms with E-state index >= 15 is 0 Å². The van der Waals surface area contributed by atoms with Gasteiger partial charge in [-0.05, 0) is 13.3 Å². The number of aryl methyl sites for hydroxylation is 1. The van der Waals surface area contributed by atoms with Crippen LogP contribution in [-0.4, -0.2) is 20.6 Å². The summed E-state index contributed by atoms with van der Waals surface area (Å²) in [6.07, 6.45) is 4.29. The zero-order chi connectivity index (χ0) is 9.84. The maximum absolute atomic E-state index is 8.56. The molecule has 0 aliphatic heterocycles. The Morgan fingerprint density at radius 3 is 2.92 bits per heavy atom. The van der Waals surface area contributed by atoms with Crippen molar-refractivity contribution >= 4 is 5.84 Å². The summed E-state index contributed by atoms with van der Waals surface area (Å²) < 4.78 is 1.88. The molecule has 72 valence electrons. The molecule has 13 heavy (non-hydrogen) atoms. The predicted octanol–water partition coefficient (Wildman–Crippen LogP) is 0.889. The van der Waals surface area contributed by atoms with Crippen LogP contribution in [0.25, 0.3) is 0 Å². The summed E-state index contributed by atoms with van der Waals surface area (Å²) in [7, 11) is 0. The third-order valence-electron chi connectivity index (χ3n) is 2.04. The van der Waals surface area contributed by atoms with E-state index in [0.717, 1.165) is 12.2 Å². The molecule has 0 aliphatic rings. The van der Waals surface area contributed by atoms with Crippen LogP contribution in [-0.2, 0) is 0 Å². The van der Waals surface area contributed by atoms with Crippen LogP contribution in [0.5, 0.6) is 0 Å². The molecule has 3 N–H and O–H groups in total. The number of hydrogen-bond acceptors (Lipinski definition) is 3. The number of imidazole rings is 1. The molecule has 1 unspecified atom stereocenters. The monoisotopic (exact) mass is 182 g/mol. The van der Waals surface area contributed by atoms with Crippen LogP contribution in [0.3, 0.4) is 0 Å². The minimum Gasteiger partial charge on any atom is -0.409 e. The molecule has 0 bridgehead atoms. The van der Waals surface area contributed by atoms with Gasteiger partial charge in [0.1, 0.15) is 5.82 Å². The molecule has 1 aromatic heterocycles. The zero-order valence-corrected chi connectivity index (χ0v) is 7.81. The maximum Gasteiger partial charge on any atom is 0.162 e. The molecule has 0 aromatic carbocycles. The highest BCUT2D eigenvalue weighted by molar-refractivity contribution is 5.83. The van der Waals surface area contributed by atoms with Crippen molar-refractivity contribution in [1.29, 1.82) is 0 Å². The highest BCUT2D eigenvalue weighted by Gasteiger charge is 2.14. The Morgan fingerprint density at radius 2 is 2.54 bits per heavy atom. The summed E-state index contributed by atoms with van der Waals surface area (Å²) in [5.41, 5.74) is 5.54. The summed E-state index contributed by atoms with van der Waals surface area (Å²) in [4.78, 5) is 4.07. The first-order valence-corrected chi connectivity index (χ1v) is 4.17. The Morgan fingerprint density at radius 1 is 1.85 bits per heavy atom. The van der Waals surface area contributed by atoms with Crippen molar-refractivity contribution in [3.8, 4) is 0 Å². The average molecular weight is 182 g/mol. The van der Waals surface area contributed by atoms with Crippen molar-refractivity contribution in [1.82, 2.24) is 9.55 Å². The Kier molecular flexibility index (Phi) is 2.89. The van der Waals surface area contributed by atoms with Gasteiger partial charge in [0.15, 0.2) is 5.84 Å². The summed E-state index contributed by atoms with van der Waals surface area (Å²) in [6.45, 7) is 3.86. The summed E-state index contributed by atoms with van der Waals surface area (Å²) in [5, 5.41) is 11.6. The minimum absolute atomic E-state index is 0.104. The van der Waals surface area contributed by atoms with Crippen LogP contribution in [0.2, 0.25) is 0 Å². The first-order chi connectivity index (χ1) is 6.20. The molecule has 5 nitrogen and oxygen atoms in total. The van der Waals surface area contributed by atoms with E-state index in [9.17, 15) is 0 Å². The fourth-order valence-corrected chi connectivity index (χ4v) is 1.33. The molecule has 0 spiro atoms. The largest absolute Gasteiger partial charge is 0.409 e. The third kappa shape index (κ3) is 1.80. The molecule has 1 aromatic rings. The Labute approximate surface area is 76.9 Å². The number of rotatable bonds is 3. The van der Waals surface area contributed by atoms with Crippen LogP contribution in [0.1, 0.15) is 25.2 Å². The smallest absolute Gasteiger partial charge is 0.162 e. The lowest BCUT2D eigenvalue weighted by atomic mass is 10.2. The highest BCUT2D eigenvalue weighted by atomic mass is 16.4. The second-order valence-electron chi connectivity index (χ2n) is 2.83. The summed E-state index contributed by atoms with van der Waals surface area (Å²) >= 11 is 0. The van der Waals surface area contributed by atoms with Crippen LogP contribution in [0.15, 0.2) is 17.5 Å². The van der Waals surface area contributed by atoms with Gasteiger partial charge in [0.25, 0.3) is 0 Å². The molecule has 1 atom stereocenters. The van der Waals surface area contributed by atoms with Crippen molar-refractivity contribution in [2.24, 2.45) is 10.9 Å². The first kappa shape index (κ1) is 9.57. The number of nitrogens with two attached hydrogens (primary N) is 1. The van der Waals surface area contributed by atoms with E-state index < -0.39 is 0 Å². The van der Waals surface area contributed by atoms with E-state index in [1.807, 2.05) is 24.6 Å². The molecule has 1 rings (SSSR count). The van der Waals surface area contributed by atoms with Crippen molar-refractivity contribution in [2.45, 2.75) is 26.3 Å². The third-order valence-corrected chi connectivity index (χ3v) is 2.04. The second kappa shape index (κ2) is 3.93. The fraction of sp³-hybridized carbons (Fsp3) is 0.500. The molecular formula is C8H14N4O. The van der Waals surface area contributed by atoms with Gasteiger partial charge in [-0.25, -0.2) is 4.98 Å². The van der Waals surface area contributed by atoms with E-state index in [1.54, 1.807) is 6.20 Å². The predicted molar refractivity (Wildman–Crippen MR) is 49.7 cm³/mol. The van der Waals surface area contributed by atoms with Gasteiger partial charge in [0.05, 0.1) is 6.04 Å². The number of hydrogen-bond donors (Lipinski definition) is 2. The topological polar surface area (TPSA) is 76.4 Å². The van der Waals surface area contributed by atoms with Gasteiger partial charge in [-0.3, -0.25) is 0 Å². The molecule has 0 amide bonds. The van der Waals surface area contributed by atoms with E-state index in [1.165, 1.54) is 0 Å². The highest BCUT2D eigenvalue weighted by Crippen LogP contribution is 2.12. The van der Waals surface area contributed by atoms with Crippen LogP contribution in [0.4, 0.5) is 0 Å². The standard InChI is InChI=1S/C8H14N4O/c1-3-7(8(9)11-13)12-5-4-10-6(12)2/h4-5,7,13H,3H2,1-2H3,(H2,9,11). The summed E-state index contributed by atoms with van der Waals surface area (Å²) in [5.74, 6) is 1.07. The first-order valence-electron chi connectivity index (χ1n) is 4.17. The van der Waals surface area contributed by atoms with Crippen molar-refractivity contribution in [2.75, 3.05) is 0 Å². The summed E-state index contributed by atoms with van der Waals surface area (Å²) in [6, 6.07) is -0.104. The molecule has 0 saturated carbocycles. The van der Waals surface area contributed by atoms with E-state index in [-0.39, 0.29) is 11.9 Å². The molecule has 5 heteroatoms. The van der Waals surface area contributed by atoms with Crippen LogP contribution in [0, 0.1) is 6.92 Å². The zero-order valence-electron chi connectivity index (χ0n) is 7.81. The normalized spacial score (nSPS) is 14.5. The number of aromatic nitrogens is 2. The Hall–Kier alpha value is -1.52. The van der Waals surface area contributed by atoms with Crippen molar-refractivity contribution in [3.63, 3.8) is 0 Å². The van der Waals surface area contributed by atoms with Crippen LogP contribution >= 0.6 is 0 Å². The quantitative estimate of drug-likeness (QED) is 0.315. The Balaban J connectivity index is 2.97. The van der Waals surface area contributed by atoms with Gasteiger partial charge in [-0.2, -0.15) is 0 Å². The average Bonchev–Trinajstić information content (AvgIpc) is 2.53. The van der Waals surface area contributed by atoms with Gasteiger partial charge < -0.3 is 15.5 Å². The SMILES string of the molecule is CCC(C(N)=NO)n1ccnc1C. The molecule has 0 aliphatic carbocycles. The van der Waals surface area contributed by atoms with E-state index in [4.69, 9.17) is 10.9 Å².